The molecule has 0 aliphatic carbocycles. The Labute approximate surface area is 159 Å². The molecule has 0 saturated heterocycles. The number of aryl methyl sites for hydroxylation is 3. The lowest BCUT2D eigenvalue weighted by Gasteiger charge is -2.18. The third-order valence-corrected chi connectivity index (χ3v) is 4.10. The highest BCUT2D eigenvalue weighted by atomic mass is 16.5. The van der Waals surface area contributed by atoms with Gasteiger partial charge in [0.25, 0.3) is 11.8 Å². The van der Waals surface area contributed by atoms with E-state index >= 15 is 0 Å². The molecular weight excluding hydrogens is 344 g/mol. The van der Waals surface area contributed by atoms with Gasteiger partial charge in [-0.15, -0.1) is 0 Å². The quantitative estimate of drug-likeness (QED) is 0.735. The Morgan fingerprint density at radius 2 is 1.63 bits per heavy atom. The maximum Gasteiger partial charge on any atom is 0.279 e. The number of ether oxygens (including phenoxy) is 2. The topological polar surface area (TPSA) is 76.7 Å². The lowest BCUT2D eigenvalue weighted by atomic mass is 10.1. The number of amides is 2. The molecule has 6 nitrogen and oxygen atoms in total. The van der Waals surface area contributed by atoms with E-state index in [1.54, 1.807) is 6.92 Å². The summed E-state index contributed by atoms with van der Waals surface area (Å²) in [4.78, 5) is 24.0. The predicted octanol–water partition coefficient (Wildman–Crippen LogP) is 2.86. The summed E-state index contributed by atoms with van der Waals surface area (Å²) >= 11 is 0. The number of para-hydroxylation sites is 1. The average molecular weight is 370 g/mol. The molecule has 0 unspecified atom stereocenters. The van der Waals surface area contributed by atoms with Gasteiger partial charge in [0.05, 0.1) is 0 Å². The van der Waals surface area contributed by atoms with Crippen LogP contribution in [0.3, 0.4) is 0 Å². The Bertz CT molecular complexity index is 767. The van der Waals surface area contributed by atoms with Crippen molar-refractivity contribution >= 4 is 11.8 Å². The molecule has 0 radical (unpaired) electrons. The van der Waals surface area contributed by atoms with Crippen LogP contribution in [0.2, 0.25) is 0 Å². The van der Waals surface area contributed by atoms with E-state index in [1.807, 2.05) is 56.3 Å². The van der Waals surface area contributed by atoms with Crippen molar-refractivity contribution in [3.8, 4) is 11.5 Å². The van der Waals surface area contributed by atoms with Gasteiger partial charge in [-0.3, -0.25) is 20.4 Å². The largest absolute Gasteiger partial charge is 0.484 e. The molecule has 0 aromatic heterocycles. The van der Waals surface area contributed by atoms with E-state index < -0.39 is 17.9 Å². The van der Waals surface area contributed by atoms with Crippen molar-refractivity contribution in [1.29, 1.82) is 0 Å². The molecular formula is C21H26N2O4. The van der Waals surface area contributed by atoms with Crippen molar-refractivity contribution in [3.05, 3.63) is 59.2 Å². The molecule has 2 aromatic carbocycles. The summed E-state index contributed by atoms with van der Waals surface area (Å²) in [6.45, 7) is 7.33. The molecule has 2 aromatic rings. The molecule has 144 valence electrons. The Balaban J connectivity index is 1.77. The first-order valence-corrected chi connectivity index (χ1v) is 8.94. The first-order valence-electron chi connectivity index (χ1n) is 8.94. The number of nitrogens with one attached hydrogen (secondary N) is 2. The van der Waals surface area contributed by atoms with E-state index in [0.29, 0.717) is 11.5 Å². The number of carbonyl (C=O) groups is 2. The first kappa shape index (κ1) is 20.3. The van der Waals surface area contributed by atoms with Gasteiger partial charge in [-0.2, -0.15) is 0 Å². The monoisotopic (exact) mass is 370 g/mol. The average Bonchev–Trinajstić information content (AvgIpc) is 2.67. The van der Waals surface area contributed by atoms with Crippen molar-refractivity contribution < 1.29 is 19.1 Å². The molecule has 2 N–H and O–H groups in total. The summed E-state index contributed by atoms with van der Waals surface area (Å²) in [6, 6.07) is 13.3. The van der Waals surface area contributed by atoms with Crippen molar-refractivity contribution in [3.63, 3.8) is 0 Å². The highest BCUT2D eigenvalue weighted by Gasteiger charge is 2.17. The fraction of sp³-hybridized carbons (Fsp3) is 0.333. The predicted molar refractivity (Wildman–Crippen MR) is 104 cm³/mol. The van der Waals surface area contributed by atoms with E-state index in [9.17, 15) is 9.59 Å². The van der Waals surface area contributed by atoms with Gasteiger partial charge >= 0.3 is 0 Å². The van der Waals surface area contributed by atoms with Crippen molar-refractivity contribution in [2.75, 3.05) is 6.61 Å². The lowest BCUT2D eigenvalue weighted by Crippen LogP contribution is -2.48. The van der Waals surface area contributed by atoms with Crippen LogP contribution in [0.15, 0.2) is 42.5 Å². The van der Waals surface area contributed by atoms with Gasteiger partial charge in [0.2, 0.25) is 0 Å². The zero-order valence-electron chi connectivity index (χ0n) is 16.2. The zero-order chi connectivity index (χ0) is 19.8. The van der Waals surface area contributed by atoms with Gasteiger partial charge in [0.1, 0.15) is 11.5 Å². The zero-order valence-corrected chi connectivity index (χ0v) is 16.2. The number of rotatable bonds is 7. The molecule has 0 bridgehead atoms. The van der Waals surface area contributed by atoms with Crippen LogP contribution < -0.4 is 20.3 Å². The summed E-state index contributed by atoms with van der Waals surface area (Å²) in [5.74, 6) is 0.367. The molecule has 0 heterocycles. The molecule has 2 rings (SSSR count). The lowest BCUT2D eigenvalue weighted by molar-refractivity contribution is -0.133. The van der Waals surface area contributed by atoms with E-state index in [0.717, 1.165) is 17.5 Å². The number of hydrogen-bond donors (Lipinski definition) is 2. The third-order valence-electron chi connectivity index (χ3n) is 4.10. The van der Waals surface area contributed by atoms with E-state index in [-0.39, 0.29) is 6.61 Å². The minimum absolute atomic E-state index is 0.197. The highest BCUT2D eigenvalue weighted by Crippen LogP contribution is 2.23. The van der Waals surface area contributed by atoms with Crippen LogP contribution >= 0.6 is 0 Å². The maximum atomic E-state index is 12.1. The minimum Gasteiger partial charge on any atom is -0.484 e. The van der Waals surface area contributed by atoms with Crippen LogP contribution in [-0.4, -0.2) is 24.5 Å². The molecule has 0 aliphatic heterocycles. The number of hydrogen-bond acceptors (Lipinski definition) is 4. The standard InChI is InChI=1S/C21H26N2O4/c1-5-17-9-11-18(12-10-17)26-13-19(24)22-23-21(25)16(4)27-20-14(2)7-6-8-15(20)3/h6-12,16H,5,13H2,1-4H3,(H,22,24)(H,23,25)/t16-/m1/s1. The second-order valence-corrected chi connectivity index (χ2v) is 6.30. The second-order valence-electron chi connectivity index (χ2n) is 6.30. The fourth-order valence-electron chi connectivity index (χ4n) is 2.45. The van der Waals surface area contributed by atoms with E-state index in [4.69, 9.17) is 9.47 Å². The second kappa shape index (κ2) is 9.62. The van der Waals surface area contributed by atoms with Crippen LogP contribution in [0.25, 0.3) is 0 Å². The van der Waals surface area contributed by atoms with Gasteiger partial charge in [-0.25, -0.2) is 0 Å². The van der Waals surface area contributed by atoms with Gasteiger partial charge < -0.3 is 9.47 Å². The molecule has 27 heavy (non-hydrogen) atoms. The normalized spacial score (nSPS) is 11.4. The van der Waals surface area contributed by atoms with Gasteiger partial charge in [0, 0.05) is 0 Å². The third kappa shape index (κ3) is 6.02. The SMILES string of the molecule is CCc1ccc(OCC(=O)NNC(=O)[C@@H](C)Oc2c(C)cccc2C)cc1. The molecule has 0 fully saturated rings. The molecule has 0 aliphatic rings. The number of carbonyl (C=O) groups excluding carboxylic acids is 2. The number of benzene rings is 2. The summed E-state index contributed by atoms with van der Waals surface area (Å²) in [6.07, 6.45) is 0.183. The Hall–Kier alpha value is -3.02. The Kier molecular flexibility index (Phi) is 7.23. The highest BCUT2D eigenvalue weighted by molar-refractivity contribution is 5.85. The summed E-state index contributed by atoms with van der Waals surface area (Å²) in [7, 11) is 0. The van der Waals surface area contributed by atoms with Gasteiger partial charge in [-0.05, 0) is 56.0 Å². The van der Waals surface area contributed by atoms with Crippen LogP contribution in [0, 0.1) is 13.8 Å². The molecule has 0 spiro atoms. The fourth-order valence-corrected chi connectivity index (χ4v) is 2.45. The van der Waals surface area contributed by atoms with Crippen LogP contribution in [0.1, 0.15) is 30.5 Å². The van der Waals surface area contributed by atoms with Crippen molar-refractivity contribution in [2.24, 2.45) is 0 Å². The van der Waals surface area contributed by atoms with E-state index in [1.165, 1.54) is 5.56 Å². The molecule has 6 heteroatoms. The van der Waals surface area contributed by atoms with E-state index in [2.05, 4.69) is 17.8 Å². The van der Waals surface area contributed by atoms with Crippen molar-refractivity contribution in [2.45, 2.75) is 40.2 Å². The maximum absolute atomic E-state index is 12.1. The van der Waals surface area contributed by atoms with Crippen molar-refractivity contribution in [1.82, 2.24) is 10.9 Å². The number of hydrazine groups is 1. The van der Waals surface area contributed by atoms with Crippen LogP contribution in [-0.2, 0) is 16.0 Å². The Morgan fingerprint density at radius 1 is 1.00 bits per heavy atom. The molecule has 1 atom stereocenters. The van der Waals surface area contributed by atoms with Crippen LogP contribution in [0.5, 0.6) is 11.5 Å². The smallest absolute Gasteiger partial charge is 0.279 e. The summed E-state index contributed by atoms with van der Waals surface area (Å²) in [5, 5.41) is 0. The first-order chi connectivity index (χ1) is 12.9. The van der Waals surface area contributed by atoms with Gasteiger partial charge in [-0.1, -0.05) is 37.3 Å². The van der Waals surface area contributed by atoms with Gasteiger partial charge in [0.15, 0.2) is 12.7 Å². The molecule has 2 amide bonds. The summed E-state index contributed by atoms with van der Waals surface area (Å²) < 4.78 is 11.1. The molecule has 0 saturated carbocycles. The summed E-state index contributed by atoms with van der Waals surface area (Å²) in [5.41, 5.74) is 7.76. The van der Waals surface area contributed by atoms with Crippen LogP contribution in [0.4, 0.5) is 0 Å². The Morgan fingerprint density at radius 3 is 2.22 bits per heavy atom. The minimum atomic E-state index is -0.757.